The second-order valence-electron chi connectivity index (χ2n) is 4.46. The molecule has 0 unspecified atom stereocenters. The van der Waals surface area contributed by atoms with Crippen molar-refractivity contribution < 1.29 is 4.79 Å². The number of anilines is 1. The Labute approximate surface area is 94.7 Å². The van der Waals surface area contributed by atoms with Gasteiger partial charge in [0.1, 0.15) is 0 Å². The van der Waals surface area contributed by atoms with Gasteiger partial charge in [-0.05, 0) is 24.5 Å². The third-order valence-corrected chi connectivity index (χ3v) is 3.21. The van der Waals surface area contributed by atoms with Gasteiger partial charge in [-0.25, -0.2) is 0 Å². The number of nitrogens with zero attached hydrogens (tertiary/aromatic N) is 2. The SMILES string of the molecule is O=C1CCNc2cnccc2CN1C1CC1. The minimum Gasteiger partial charge on any atom is -0.383 e. The lowest BCUT2D eigenvalue weighted by Crippen LogP contribution is -2.35. The summed E-state index contributed by atoms with van der Waals surface area (Å²) in [5.74, 6) is 0.275. The van der Waals surface area contributed by atoms with Crippen LogP contribution in [0.1, 0.15) is 24.8 Å². The number of amides is 1. The van der Waals surface area contributed by atoms with E-state index in [-0.39, 0.29) is 5.91 Å². The smallest absolute Gasteiger partial charge is 0.224 e. The molecule has 0 bridgehead atoms. The molecule has 0 radical (unpaired) electrons. The second kappa shape index (κ2) is 3.77. The fourth-order valence-electron chi connectivity index (χ4n) is 2.16. The van der Waals surface area contributed by atoms with E-state index in [0.29, 0.717) is 19.0 Å². The van der Waals surface area contributed by atoms with Crippen molar-refractivity contribution in [3.63, 3.8) is 0 Å². The summed E-state index contributed by atoms with van der Waals surface area (Å²) in [6.07, 6.45) is 6.55. The molecule has 2 aliphatic rings. The average Bonchev–Trinajstić information content (AvgIpc) is 3.08. The molecule has 1 N–H and O–H groups in total. The highest BCUT2D eigenvalue weighted by molar-refractivity contribution is 5.78. The van der Waals surface area contributed by atoms with Gasteiger partial charge in [0.25, 0.3) is 0 Å². The second-order valence-corrected chi connectivity index (χ2v) is 4.46. The first-order chi connectivity index (χ1) is 7.84. The monoisotopic (exact) mass is 217 g/mol. The van der Waals surface area contributed by atoms with Gasteiger partial charge in [0.15, 0.2) is 0 Å². The molecule has 1 saturated carbocycles. The van der Waals surface area contributed by atoms with Crippen LogP contribution in [0, 0.1) is 0 Å². The summed E-state index contributed by atoms with van der Waals surface area (Å²) in [6.45, 7) is 1.44. The molecule has 16 heavy (non-hydrogen) atoms. The third-order valence-electron chi connectivity index (χ3n) is 3.21. The summed E-state index contributed by atoms with van der Waals surface area (Å²) in [5.41, 5.74) is 2.25. The van der Waals surface area contributed by atoms with Crippen molar-refractivity contribution in [2.45, 2.75) is 31.8 Å². The van der Waals surface area contributed by atoms with Gasteiger partial charge in [0.05, 0.1) is 11.9 Å². The van der Waals surface area contributed by atoms with Crippen LogP contribution in [0.4, 0.5) is 5.69 Å². The van der Waals surface area contributed by atoms with Gasteiger partial charge < -0.3 is 10.2 Å². The fraction of sp³-hybridized carbons (Fsp3) is 0.500. The molecule has 1 aliphatic heterocycles. The first-order valence-electron chi connectivity index (χ1n) is 5.81. The number of carbonyl (C=O) groups is 1. The van der Waals surface area contributed by atoms with Crippen LogP contribution in [-0.4, -0.2) is 28.4 Å². The van der Waals surface area contributed by atoms with Gasteiger partial charge in [0, 0.05) is 31.7 Å². The molecule has 0 atom stereocenters. The number of fused-ring (bicyclic) bond motifs is 1. The van der Waals surface area contributed by atoms with Crippen LogP contribution >= 0.6 is 0 Å². The third kappa shape index (κ3) is 1.75. The maximum absolute atomic E-state index is 11.9. The molecule has 2 heterocycles. The number of aromatic nitrogens is 1. The summed E-state index contributed by atoms with van der Waals surface area (Å²) >= 11 is 0. The molecule has 4 heteroatoms. The number of pyridine rings is 1. The molecule has 3 rings (SSSR count). The van der Waals surface area contributed by atoms with Crippen LogP contribution in [0.2, 0.25) is 0 Å². The van der Waals surface area contributed by atoms with Crippen LogP contribution in [0.5, 0.6) is 0 Å². The number of hydrogen-bond donors (Lipinski definition) is 1. The summed E-state index contributed by atoms with van der Waals surface area (Å²) < 4.78 is 0. The highest BCUT2D eigenvalue weighted by atomic mass is 16.2. The molecule has 1 aromatic rings. The van der Waals surface area contributed by atoms with E-state index in [1.807, 2.05) is 17.2 Å². The number of rotatable bonds is 1. The van der Waals surface area contributed by atoms with Gasteiger partial charge in [-0.15, -0.1) is 0 Å². The summed E-state index contributed by atoms with van der Waals surface area (Å²) in [4.78, 5) is 18.1. The van der Waals surface area contributed by atoms with E-state index in [1.54, 1.807) is 6.20 Å². The largest absolute Gasteiger partial charge is 0.383 e. The molecule has 84 valence electrons. The molecule has 0 aromatic carbocycles. The Hall–Kier alpha value is -1.58. The molecule has 0 spiro atoms. The van der Waals surface area contributed by atoms with Crippen LogP contribution < -0.4 is 5.32 Å². The molecule has 1 aliphatic carbocycles. The van der Waals surface area contributed by atoms with Crippen LogP contribution in [-0.2, 0) is 11.3 Å². The van der Waals surface area contributed by atoms with Crippen molar-refractivity contribution >= 4 is 11.6 Å². The molecule has 0 saturated heterocycles. The van der Waals surface area contributed by atoms with Gasteiger partial charge in [-0.3, -0.25) is 9.78 Å². The molecule has 4 nitrogen and oxygen atoms in total. The summed E-state index contributed by atoms with van der Waals surface area (Å²) in [6, 6.07) is 2.49. The lowest BCUT2D eigenvalue weighted by atomic mass is 10.1. The lowest BCUT2D eigenvalue weighted by Gasteiger charge is -2.26. The van der Waals surface area contributed by atoms with E-state index < -0.39 is 0 Å². The van der Waals surface area contributed by atoms with E-state index in [2.05, 4.69) is 10.3 Å². The first kappa shape index (κ1) is 9.63. The highest BCUT2D eigenvalue weighted by Crippen LogP contribution is 2.31. The van der Waals surface area contributed by atoms with Crippen molar-refractivity contribution in [1.82, 2.24) is 9.88 Å². The fourth-order valence-corrected chi connectivity index (χ4v) is 2.16. The molecular formula is C12H15N3O. The minimum absolute atomic E-state index is 0.275. The highest BCUT2D eigenvalue weighted by Gasteiger charge is 2.33. The van der Waals surface area contributed by atoms with Crippen molar-refractivity contribution in [3.8, 4) is 0 Å². The first-order valence-corrected chi connectivity index (χ1v) is 5.81. The Kier molecular flexibility index (Phi) is 2.27. The normalized spacial score (nSPS) is 20.8. The Morgan fingerprint density at radius 1 is 1.44 bits per heavy atom. The Balaban J connectivity index is 1.90. The number of hydrogen-bond acceptors (Lipinski definition) is 3. The van der Waals surface area contributed by atoms with Crippen molar-refractivity contribution in [2.75, 3.05) is 11.9 Å². The molecule has 1 aromatic heterocycles. The minimum atomic E-state index is 0.275. The van der Waals surface area contributed by atoms with Crippen molar-refractivity contribution in [3.05, 3.63) is 24.0 Å². The maximum Gasteiger partial charge on any atom is 0.224 e. The average molecular weight is 217 g/mol. The van der Waals surface area contributed by atoms with E-state index in [4.69, 9.17) is 0 Å². The molecule has 1 fully saturated rings. The maximum atomic E-state index is 11.9. The van der Waals surface area contributed by atoms with E-state index in [0.717, 1.165) is 12.2 Å². The summed E-state index contributed by atoms with van der Waals surface area (Å²) in [5, 5.41) is 3.27. The topological polar surface area (TPSA) is 45.2 Å². The Morgan fingerprint density at radius 2 is 2.31 bits per heavy atom. The van der Waals surface area contributed by atoms with Gasteiger partial charge >= 0.3 is 0 Å². The van der Waals surface area contributed by atoms with Gasteiger partial charge in [0.2, 0.25) is 5.91 Å². The zero-order valence-electron chi connectivity index (χ0n) is 9.15. The van der Waals surface area contributed by atoms with E-state index in [9.17, 15) is 4.79 Å². The Morgan fingerprint density at radius 3 is 3.12 bits per heavy atom. The predicted molar refractivity (Wildman–Crippen MR) is 60.9 cm³/mol. The lowest BCUT2D eigenvalue weighted by molar-refractivity contribution is -0.132. The van der Waals surface area contributed by atoms with Gasteiger partial charge in [-0.2, -0.15) is 0 Å². The van der Waals surface area contributed by atoms with Crippen molar-refractivity contribution in [2.24, 2.45) is 0 Å². The molecular weight excluding hydrogens is 202 g/mol. The van der Waals surface area contributed by atoms with Crippen molar-refractivity contribution in [1.29, 1.82) is 0 Å². The van der Waals surface area contributed by atoms with Crippen LogP contribution in [0.3, 0.4) is 0 Å². The van der Waals surface area contributed by atoms with Crippen LogP contribution in [0.25, 0.3) is 0 Å². The zero-order valence-corrected chi connectivity index (χ0v) is 9.15. The van der Waals surface area contributed by atoms with Gasteiger partial charge in [-0.1, -0.05) is 0 Å². The summed E-state index contributed by atoms with van der Waals surface area (Å²) in [7, 11) is 0. The van der Waals surface area contributed by atoms with E-state index >= 15 is 0 Å². The standard InChI is InChI=1S/C12H15N3O/c16-12-4-6-14-11-7-13-5-3-9(11)8-15(12)10-1-2-10/h3,5,7,10,14H,1-2,4,6,8H2. The zero-order chi connectivity index (χ0) is 11.0. The van der Waals surface area contributed by atoms with Crippen LogP contribution in [0.15, 0.2) is 18.5 Å². The van der Waals surface area contributed by atoms with E-state index in [1.165, 1.54) is 18.4 Å². The molecule has 1 amide bonds. The quantitative estimate of drug-likeness (QED) is 0.773. The predicted octanol–water partition coefficient (Wildman–Crippen LogP) is 1.39. The number of nitrogens with one attached hydrogen (secondary N) is 1. The number of carbonyl (C=O) groups excluding carboxylic acids is 1. The Bertz CT molecular complexity index is 414.